The van der Waals surface area contributed by atoms with E-state index in [-0.39, 0.29) is 6.09 Å². The van der Waals surface area contributed by atoms with Crippen molar-refractivity contribution in [2.75, 3.05) is 0 Å². The van der Waals surface area contributed by atoms with E-state index in [1.54, 1.807) is 0 Å². The Morgan fingerprint density at radius 1 is 1.15 bits per heavy atom. The van der Waals surface area contributed by atoms with Gasteiger partial charge in [0.05, 0.1) is 0 Å². The number of nitrogens with one attached hydrogen (secondary N) is 2. The molecule has 0 aliphatic heterocycles. The Kier molecular flexibility index (Phi) is 6.02. The predicted molar refractivity (Wildman–Crippen MR) is 81.5 cm³/mol. The Morgan fingerprint density at radius 3 is 2.20 bits per heavy atom. The van der Waals surface area contributed by atoms with Crippen LogP contribution >= 0.6 is 0 Å². The van der Waals surface area contributed by atoms with Gasteiger partial charge in [-0.3, -0.25) is 0 Å². The smallest absolute Gasteiger partial charge is 0.407 e. The zero-order valence-electron chi connectivity index (χ0n) is 13.1. The number of rotatable bonds is 5. The molecule has 0 aliphatic rings. The summed E-state index contributed by atoms with van der Waals surface area (Å²) in [7, 11) is 0. The second-order valence-electron chi connectivity index (χ2n) is 6.16. The summed E-state index contributed by atoms with van der Waals surface area (Å²) in [4.78, 5) is 11.7. The highest BCUT2D eigenvalue weighted by Crippen LogP contribution is 2.10. The Bertz CT molecular complexity index is 436. The van der Waals surface area contributed by atoms with Crippen LogP contribution in [-0.4, -0.2) is 17.7 Å². The molecule has 0 bridgehead atoms. The maximum atomic E-state index is 11.7. The fraction of sp³-hybridized carbons (Fsp3) is 0.562. The molecule has 0 aliphatic carbocycles. The van der Waals surface area contributed by atoms with E-state index >= 15 is 0 Å². The number of amides is 1. The maximum absolute atomic E-state index is 11.7. The molecule has 2 N–H and O–H groups in total. The van der Waals surface area contributed by atoms with Crippen LogP contribution in [0.1, 0.15) is 45.7 Å². The fourth-order valence-corrected chi connectivity index (χ4v) is 1.70. The van der Waals surface area contributed by atoms with Crippen LogP contribution in [0.15, 0.2) is 24.3 Å². The SMILES string of the molecule is CC(C)NCc1ccccc1CNC(=O)OC(C)(C)C. The lowest BCUT2D eigenvalue weighted by Crippen LogP contribution is -2.32. The fourth-order valence-electron chi connectivity index (χ4n) is 1.70. The Balaban J connectivity index is 2.57. The van der Waals surface area contributed by atoms with Crippen LogP contribution in [0.3, 0.4) is 0 Å². The van der Waals surface area contributed by atoms with Gasteiger partial charge in [-0.1, -0.05) is 38.1 Å². The van der Waals surface area contributed by atoms with Crippen LogP contribution in [0.2, 0.25) is 0 Å². The molecule has 1 amide bonds. The van der Waals surface area contributed by atoms with E-state index in [2.05, 4.69) is 30.5 Å². The number of benzene rings is 1. The topological polar surface area (TPSA) is 50.4 Å². The van der Waals surface area contributed by atoms with Gasteiger partial charge in [-0.2, -0.15) is 0 Å². The molecular formula is C16H26N2O2. The van der Waals surface area contributed by atoms with Crippen molar-refractivity contribution in [1.29, 1.82) is 0 Å². The number of hydrogen-bond acceptors (Lipinski definition) is 3. The molecule has 112 valence electrons. The van der Waals surface area contributed by atoms with Gasteiger partial charge in [0.15, 0.2) is 0 Å². The van der Waals surface area contributed by atoms with Crippen molar-refractivity contribution >= 4 is 6.09 Å². The van der Waals surface area contributed by atoms with Gasteiger partial charge in [-0.05, 0) is 31.9 Å². The zero-order chi connectivity index (χ0) is 15.2. The Hall–Kier alpha value is -1.55. The highest BCUT2D eigenvalue weighted by atomic mass is 16.6. The average Bonchev–Trinajstić information content (AvgIpc) is 2.32. The van der Waals surface area contributed by atoms with Crippen molar-refractivity contribution in [2.24, 2.45) is 0 Å². The third kappa shape index (κ3) is 6.57. The van der Waals surface area contributed by atoms with E-state index in [1.165, 1.54) is 5.56 Å². The molecule has 0 radical (unpaired) electrons. The Labute approximate surface area is 121 Å². The van der Waals surface area contributed by atoms with Gasteiger partial charge in [-0.15, -0.1) is 0 Å². The lowest BCUT2D eigenvalue weighted by atomic mass is 10.1. The normalized spacial score (nSPS) is 11.5. The van der Waals surface area contributed by atoms with Crippen LogP contribution in [0.5, 0.6) is 0 Å². The molecule has 1 aromatic carbocycles. The summed E-state index contributed by atoms with van der Waals surface area (Å²) in [6.45, 7) is 11.1. The molecule has 0 saturated carbocycles. The van der Waals surface area contributed by atoms with E-state index in [0.29, 0.717) is 12.6 Å². The number of hydrogen-bond donors (Lipinski definition) is 2. The van der Waals surface area contributed by atoms with Crippen LogP contribution in [0.4, 0.5) is 4.79 Å². The molecular weight excluding hydrogens is 252 g/mol. The first-order valence-corrected chi connectivity index (χ1v) is 7.05. The number of alkyl carbamates (subject to hydrolysis) is 1. The number of ether oxygens (including phenoxy) is 1. The van der Waals surface area contributed by atoms with Gasteiger partial charge in [0, 0.05) is 19.1 Å². The molecule has 20 heavy (non-hydrogen) atoms. The molecule has 1 rings (SSSR count). The molecule has 4 nitrogen and oxygen atoms in total. The standard InChI is InChI=1S/C16H26N2O2/c1-12(2)17-10-13-8-6-7-9-14(13)11-18-15(19)20-16(3,4)5/h6-9,12,17H,10-11H2,1-5H3,(H,18,19). The van der Waals surface area contributed by atoms with Crippen molar-refractivity contribution in [2.45, 2.75) is 59.4 Å². The van der Waals surface area contributed by atoms with Crippen molar-refractivity contribution < 1.29 is 9.53 Å². The number of carbonyl (C=O) groups is 1. The van der Waals surface area contributed by atoms with Crippen molar-refractivity contribution in [3.63, 3.8) is 0 Å². The minimum atomic E-state index is -0.469. The van der Waals surface area contributed by atoms with Crippen molar-refractivity contribution in [3.05, 3.63) is 35.4 Å². The van der Waals surface area contributed by atoms with E-state index in [9.17, 15) is 4.79 Å². The summed E-state index contributed by atoms with van der Waals surface area (Å²) < 4.78 is 5.23. The molecule has 0 heterocycles. The van der Waals surface area contributed by atoms with E-state index < -0.39 is 5.60 Å². The summed E-state index contributed by atoms with van der Waals surface area (Å²) >= 11 is 0. The lowest BCUT2D eigenvalue weighted by Gasteiger charge is -2.20. The molecule has 0 atom stereocenters. The Morgan fingerprint density at radius 2 is 1.70 bits per heavy atom. The van der Waals surface area contributed by atoms with Gasteiger partial charge in [0.25, 0.3) is 0 Å². The highest BCUT2D eigenvalue weighted by molar-refractivity contribution is 5.67. The summed E-state index contributed by atoms with van der Waals surface area (Å²) in [5.74, 6) is 0. The third-order valence-electron chi connectivity index (χ3n) is 2.64. The second kappa shape index (κ2) is 7.29. The van der Waals surface area contributed by atoms with E-state index in [4.69, 9.17) is 4.74 Å². The minimum absolute atomic E-state index is 0.385. The van der Waals surface area contributed by atoms with Crippen LogP contribution in [0, 0.1) is 0 Å². The van der Waals surface area contributed by atoms with E-state index in [1.807, 2.05) is 39.0 Å². The highest BCUT2D eigenvalue weighted by Gasteiger charge is 2.16. The molecule has 0 unspecified atom stereocenters. The van der Waals surface area contributed by atoms with Gasteiger partial charge < -0.3 is 15.4 Å². The lowest BCUT2D eigenvalue weighted by molar-refractivity contribution is 0.0523. The maximum Gasteiger partial charge on any atom is 0.407 e. The molecule has 0 fully saturated rings. The van der Waals surface area contributed by atoms with Crippen LogP contribution in [0.25, 0.3) is 0 Å². The first-order valence-electron chi connectivity index (χ1n) is 7.05. The zero-order valence-corrected chi connectivity index (χ0v) is 13.1. The average molecular weight is 278 g/mol. The van der Waals surface area contributed by atoms with Gasteiger partial charge in [0.2, 0.25) is 0 Å². The second-order valence-corrected chi connectivity index (χ2v) is 6.16. The summed E-state index contributed by atoms with van der Waals surface area (Å²) in [5.41, 5.74) is 1.83. The first kappa shape index (κ1) is 16.5. The summed E-state index contributed by atoms with van der Waals surface area (Å²) in [6, 6.07) is 8.51. The van der Waals surface area contributed by atoms with Gasteiger partial charge in [0.1, 0.15) is 5.60 Å². The molecule has 0 spiro atoms. The monoisotopic (exact) mass is 278 g/mol. The quantitative estimate of drug-likeness (QED) is 0.869. The van der Waals surface area contributed by atoms with Gasteiger partial charge >= 0.3 is 6.09 Å². The molecule has 0 saturated heterocycles. The first-order chi connectivity index (χ1) is 9.28. The summed E-state index contributed by atoms with van der Waals surface area (Å²) in [6.07, 6.45) is -0.385. The predicted octanol–water partition coefficient (Wildman–Crippen LogP) is 3.21. The van der Waals surface area contributed by atoms with Crippen LogP contribution in [-0.2, 0) is 17.8 Å². The van der Waals surface area contributed by atoms with E-state index in [0.717, 1.165) is 12.1 Å². The van der Waals surface area contributed by atoms with Crippen LogP contribution < -0.4 is 10.6 Å². The van der Waals surface area contributed by atoms with Crippen molar-refractivity contribution in [1.82, 2.24) is 10.6 Å². The third-order valence-corrected chi connectivity index (χ3v) is 2.64. The summed E-state index contributed by atoms with van der Waals surface area (Å²) in [5, 5.41) is 6.18. The largest absolute Gasteiger partial charge is 0.444 e. The molecule has 0 aromatic heterocycles. The number of carbonyl (C=O) groups excluding carboxylic acids is 1. The molecule has 4 heteroatoms. The molecule has 1 aromatic rings. The minimum Gasteiger partial charge on any atom is -0.444 e. The van der Waals surface area contributed by atoms with Crippen molar-refractivity contribution in [3.8, 4) is 0 Å². The van der Waals surface area contributed by atoms with Gasteiger partial charge in [-0.25, -0.2) is 4.79 Å².